The number of fused-ring (bicyclic) bond motifs is 1. The summed E-state index contributed by atoms with van der Waals surface area (Å²) in [5.41, 5.74) is 3.73. The van der Waals surface area contributed by atoms with Crippen molar-refractivity contribution in [2.75, 3.05) is 48.8 Å². The molecule has 180 valence electrons. The number of nitrogens with zero attached hydrogens (tertiary/aromatic N) is 3. The van der Waals surface area contributed by atoms with Crippen LogP contribution >= 0.6 is 0 Å². The van der Waals surface area contributed by atoms with Crippen molar-refractivity contribution in [1.29, 1.82) is 0 Å². The molecule has 0 aliphatic carbocycles. The monoisotopic (exact) mass is 472 g/mol. The molecule has 1 atom stereocenters. The Hall–Kier alpha value is -3.71. The van der Waals surface area contributed by atoms with Crippen molar-refractivity contribution >= 4 is 28.9 Å². The number of carbonyl (C=O) groups excluding carboxylic acids is 2. The molecule has 2 aliphatic rings. The van der Waals surface area contributed by atoms with Gasteiger partial charge >= 0.3 is 0 Å². The quantitative estimate of drug-likeness (QED) is 0.597. The lowest BCUT2D eigenvalue weighted by Gasteiger charge is -2.30. The van der Waals surface area contributed by atoms with Crippen molar-refractivity contribution in [2.24, 2.45) is 0 Å². The number of rotatable bonds is 5. The van der Waals surface area contributed by atoms with Crippen LogP contribution < -0.4 is 15.1 Å². The van der Waals surface area contributed by atoms with Gasteiger partial charge in [-0.05, 0) is 81.0 Å². The summed E-state index contributed by atoms with van der Waals surface area (Å²) in [4.78, 5) is 31.8. The van der Waals surface area contributed by atoms with Crippen LogP contribution in [-0.2, 0) is 6.42 Å². The van der Waals surface area contributed by atoms with Crippen molar-refractivity contribution in [1.82, 2.24) is 4.90 Å². The fourth-order valence-corrected chi connectivity index (χ4v) is 4.90. The number of hydrogen-bond donors (Lipinski definition) is 1. The maximum absolute atomic E-state index is 15.1. The van der Waals surface area contributed by atoms with Crippen molar-refractivity contribution < 1.29 is 14.0 Å². The first kappa shape index (κ1) is 23.1. The zero-order valence-electron chi connectivity index (χ0n) is 20.0. The summed E-state index contributed by atoms with van der Waals surface area (Å²) in [7, 11) is 4.10. The molecule has 7 heteroatoms. The van der Waals surface area contributed by atoms with Gasteiger partial charge in [-0.1, -0.05) is 18.2 Å². The zero-order valence-corrected chi connectivity index (χ0v) is 20.0. The van der Waals surface area contributed by atoms with Crippen molar-refractivity contribution in [3.8, 4) is 0 Å². The van der Waals surface area contributed by atoms with E-state index in [0.29, 0.717) is 47.2 Å². The number of nitrogens with one attached hydrogen (secondary N) is 1. The van der Waals surface area contributed by atoms with E-state index in [4.69, 9.17) is 0 Å². The van der Waals surface area contributed by atoms with E-state index in [2.05, 4.69) is 15.1 Å². The summed E-state index contributed by atoms with van der Waals surface area (Å²) in [5.74, 6) is -0.708. The number of benzene rings is 3. The van der Waals surface area contributed by atoms with E-state index in [0.717, 1.165) is 25.1 Å². The highest BCUT2D eigenvalue weighted by Crippen LogP contribution is 2.31. The number of hydrogen-bond acceptors (Lipinski definition) is 4. The molecule has 5 rings (SSSR count). The van der Waals surface area contributed by atoms with E-state index in [1.165, 1.54) is 6.07 Å². The van der Waals surface area contributed by atoms with Crippen LogP contribution in [0.2, 0.25) is 0 Å². The fraction of sp³-hybridized carbons (Fsp3) is 0.286. The van der Waals surface area contributed by atoms with E-state index in [1.54, 1.807) is 29.2 Å². The third-order valence-corrected chi connectivity index (χ3v) is 6.96. The lowest BCUT2D eigenvalue weighted by Crippen LogP contribution is -2.38. The molecule has 0 bridgehead atoms. The van der Waals surface area contributed by atoms with Crippen molar-refractivity contribution in [3.63, 3.8) is 0 Å². The second kappa shape index (κ2) is 9.50. The van der Waals surface area contributed by atoms with Gasteiger partial charge in [0.25, 0.3) is 11.8 Å². The van der Waals surface area contributed by atoms with Gasteiger partial charge in [0.05, 0.1) is 5.69 Å². The smallest absolute Gasteiger partial charge is 0.258 e. The Morgan fingerprint density at radius 3 is 2.54 bits per heavy atom. The number of amides is 2. The van der Waals surface area contributed by atoms with Crippen LogP contribution in [0, 0.1) is 5.82 Å². The van der Waals surface area contributed by atoms with Crippen LogP contribution in [0.5, 0.6) is 0 Å². The summed E-state index contributed by atoms with van der Waals surface area (Å²) < 4.78 is 15.1. The van der Waals surface area contributed by atoms with Gasteiger partial charge in [0, 0.05) is 48.2 Å². The second-order valence-corrected chi connectivity index (χ2v) is 9.39. The van der Waals surface area contributed by atoms with E-state index >= 15 is 4.39 Å². The predicted molar refractivity (Wildman–Crippen MR) is 137 cm³/mol. The number of para-hydroxylation sites is 1. The maximum Gasteiger partial charge on any atom is 0.258 e. The van der Waals surface area contributed by atoms with Gasteiger partial charge in [-0.2, -0.15) is 0 Å². The minimum atomic E-state index is -0.312. The van der Waals surface area contributed by atoms with Crippen LogP contribution in [0.3, 0.4) is 0 Å². The largest absolute Gasteiger partial charge is 0.368 e. The first-order chi connectivity index (χ1) is 16.9. The van der Waals surface area contributed by atoms with Crippen LogP contribution in [-0.4, -0.2) is 56.5 Å². The summed E-state index contributed by atoms with van der Waals surface area (Å²) in [6.07, 6.45) is 1.59. The zero-order chi connectivity index (χ0) is 24.5. The maximum atomic E-state index is 15.1. The van der Waals surface area contributed by atoms with Gasteiger partial charge in [-0.15, -0.1) is 0 Å². The van der Waals surface area contributed by atoms with Gasteiger partial charge in [-0.25, -0.2) is 4.39 Å². The standard InChI is InChI=1S/C28H29FN4O2/c1-31(2)23-13-14-32(18-23)26-11-9-22(17-25(26)29)33-15-12-19-16-20(8-10-24(19)28(33)35)27(34)30-21-6-4-3-5-7-21/h3-11,16-17,23H,12-15,18H2,1-2H3,(H,30,34)/t23-/m1/s1. The molecular formula is C28H29FN4O2. The van der Waals surface area contributed by atoms with Gasteiger partial charge in [-0.3, -0.25) is 9.59 Å². The summed E-state index contributed by atoms with van der Waals surface area (Å²) in [6.45, 7) is 2.04. The number of anilines is 3. The number of halogens is 1. The lowest BCUT2D eigenvalue weighted by atomic mass is 9.96. The summed E-state index contributed by atoms with van der Waals surface area (Å²) in [5, 5.41) is 2.87. The van der Waals surface area contributed by atoms with Crippen LogP contribution in [0.15, 0.2) is 66.7 Å². The molecule has 0 unspecified atom stereocenters. The molecule has 0 radical (unpaired) electrons. The number of carbonyl (C=O) groups is 2. The Kier molecular flexibility index (Phi) is 6.26. The first-order valence-electron chi connectivity index (χ1n) is 11.9. The van der Waals surface area contributed by atoms with Gasteiger partial charge in [0.15, 0.2) is 0 Å². The Bertz CT molecular complexity index is 1260. The van der Waals surface area contributed by atoms with Crippen LogP contribution in [0.1, 0.15) is 32.7 Å². The lowest BCUT2D eigenvalue weighted by molar-refractivity contribution is 0.0977. The predicted octanol–water partition coefficient (Wildman–Crippen LogP) is 4.42. The molecule has 2 heterocycles. The second-order valence-electron chi connectivity index (χ2n) is 9.39. The van der Waals surface area contributed by atoms with E-state index in [-0.39, 0.29) is 17.6 Å². The summed E-state index contributed by atoms with van der Waals surface area (Å²) >= 11 is 0. The minimum absolute atomic E-state index is 0.178. The molecule has 0 aromatic heterocycles. The number of likely N-dealkylation sites (N-methyl/N-ethyl adjacent to an activating group) is 1. The van der Waals surface area contributed by atoms with E-state index in [1.807, 2.05) is 50.5 Å². The molecule has 6 nitrogen and oxygen atoms in total. The van der Waals surface area contributed by atoms with E-state index < -0.39 is 0 Å². The SMILES string of the molecule is CN(C)[C@@H]1CCN(c2ccc(N3CCc4cc(C(=O)Nc5ccccc5)ccc4C3=O)cc2F)C1. The third-order valence-electron chi connectivity index (χ3n) is 6.96. The normalized spacial score (nSPS) is 17.6. The Morgan fingerprint density at radius 1 is 1.03 bits per heavy atom. The van der Waals surface area contributed by atoms with Gasteiger partial charge < -0.3 is 20.0 Å². The van der Waals surface area contributed by atoms with Crippen LogP contribution in [0.4, 0.5) is 21.5 Å². The Labute approximate surface area is 205 Å². The molecule has 2 aliphatic heterocycles. The fourth-order valence-electron chi connectivity index (χ4n) is 4.90. The molecular weight excluding hydrogens is 443 g/mol. The Morgan fingerprint density at radius 2 is 1.83 bits per heavy atom. The molecule has 3 aromatic carbocycles. The van der Waals surface area contributed by atoms with E-state index in [9.17, 15) is 9.59 Å². The van der Waals surface area contributed by atoms with Crippen LogP contribution in [0.25, 0.3) is 0 Å². The van der Waals surface area contributed by atoms with Gasteiger partial charge in [0.2, 0.25) is 0 Å². The minimum Gasteiger partial charge on any atom is -0.368 e. The van der Waals surface area contributed by atoms with Crippen molar-refractivity contribution in [3.05, 3.63) is 89.2 Å². The summed E-state index contributed by atoms with van der Waals surface area (Å²) in [6, 6.07) is 19.9. The topological polar surface area (TPSA) is 55.9 Å². The van der Waals surface area contributed by atoms with Gasteiger partial charge in [0.1, 0.15) is 5.82 Å². The highest BCUT2D eigenvalue weighted by atomic mass is 19.1. The molecule has 0 spiro atoms. The molecule has 35 heavy (non-hydrogen) atoms. The molecule has 3 aromatic rings. The molecule has 0 saturated carbocycles. The van der Waals surface area contributed by atoms with Crippen molar-refractivity contribution in [2.45, 2.75) is 18.9 Å². The molecule has 1 fully saturated rings. The molecule has 1 N–H and O–H groups in total. The Balaban J connectivity index is 1.31. The average molecular weight is 473 g/mol. The average Bonchev–Trinajstić information content (AvgIpc) is 3.35. The highest BCUT2D eigenvalue weighted by Gasteiger charge is 2.29. The molecule has 1 saturated heterocycles. The first-order valence-corrected chi connectivity index (χ1v) is 11.9. The molecule has 2 amide bonds. The highest BCUT2D eigenvalue weighted by molar-refractivity contribution is 6.10. The third kappa shape index (κ3) is 4.64.